The molecule has 1 N–H and O–H groups in total. The Labute approximate surface area is 105 Å². The summed E-state index contributed by atoms with van der Waals surface area (Å²) >= 11 is 0. The Morgan fingerprint density at radius 3 is 2.88 bits per heavy atom. The van der Waals surface area contributed by atoms with Crippen molar-refractivity contribution in [2.75, 3.05) is 0 Å². The van der Waals surface area contributed by atoms with E-state index in [2.05, 4.69) is 32.0 Å². The maximum atomic E-state index is 10.4. The first-order chi connectivity index (χ1) is 8.22. The van der Waals surface area contributed by atoms with Crippen molar-refractivity contribution in [2.24, 2.45) is 11.8 Å². The number of hydrogen-bond donors (Lipinski definition) is 1. The van der Waals surface area contributed by atoms with Crippen molar-refractivity contribution < 1.29 is 5.11 Å². The highest BCUT2D eigenvalue weighted by molar-refractivity contribution is 5.31. The Balaban J connectivity index is 2.04. The summed E-state index contributed by atoms with van der Waals surface area (Å²) in [6.45, 7) is 4.56. The summed E-state index contributed by atoms with van der Waals surface area (Å²) in [5.41, 5.74) is 2.52. The number of fused-ring (bicyclic) bond motifs is 1. The van der Waals surface area contributed by atoms with Crippen LogP contribution in [0.3, 0.4) is 0 Å². The third-order valence-electron chi connectivity index (χ3n) is 4.09. The summed E-state index contributed by atoms with van der Waals surface area (Å²) in [6, 6.07) is 8.37. The predicted octanol–water partition coefficient (Wildman–Crippen LogP) is 4.11. The lowest BCUT2D eigenvalue weighted by Crippen LogP contribution is -2.22. The first-order valence-electron chi connectivity index (χ1n) is 6.98. The molecule has 1 aliphatic rings. The number of aryl methyl sites for hydroxylation is 1. The van der Waals surface area contributed by atoms with Crippen LogP contribution >= 0.6 is 0 Å². The van der Waals surface area contributed by atoms with E-state index in [0.717, 1.165) is 18.8 Å². The average Bonchev–Trinajstić information content (AvgIpc) is 2.33. The van der Waals surface area contributed by atoms with Crippen LogP contribution in [0.1, 0.15) is 56.8 Å². The average molecular weight is 232 g/mol. The van der Waals surface area contributed by atoms with Crippen molar-refractivity contribution in [1.29, 1.82) is 0 Å². The Morgan fingerprint density at radius 1 is 1.35 bits per heavy atom. The molecular weight excluding hydrogens is 208 g/mol. The Hall–Kier alpha value is -0.820. The lowest BCUT2D eigenvalue weighted by atomic mass is 9.77. The largest absolute Gasteiger partial charge is 0.388 e. The van der Waals surface area contributed by atoms with Gasteiger partial charge in [-0.3, -0.25) is 0 Å². The minimum atomic E-state index is -0.237. The molecule has 94 valence electrons. The second kappa shape index (κ2) is 5.68. The fourth-order valence-corrected chi connectivity index (χ4v) is 3.18. The monoisotopic (exact) mass is 232 g/mol. The van der Waals surface area contributed by atoms with E-state index in [9.17, 15) is 5.11 Å². The first-order valence-corrected chi connectivity index (χ1v) is 6.98. The number of aliphatic hydroxyl groups excluding tert-OH is 1. The van der Waals surface area contributed by atoms with Gasteiger partial charge in [-0.2, -0.15) is 0 Å². The van der Waals surface area contributed by atoms with Gasteiger partial charge < -0.3 is 5.11 Å². The number of aliphatic hydroxyl groups is 1. The maximum Gasteiger partial charge on any atom is 0.0821 e. The molecule has 0 heterocycles. The summed E-state index contributed by atoms with van der Waals surface area (Å²) in [4.78, 5) is 0. The molecule has 3 unspecified atom stereocenters. The van der Waals surface area contributed by atoms with Crippen LogP contribution in [-0.4, -0.2) is 5.11 Å². The van der Waals surface area contributed by atoms with Gasteiger partial charge in [-0.15, -0.1) is 0 Å². The molecule has 0 spiro atoms. The highest BCUT2D eigenvalue weighted by Gasteiger charge is 2.28. The van der Waals surface area contributed by atoms with Gasteiger partial charge in [0, 0.05) is 0 Å². The van der Waals surface area contributed by atoms with E-state index in [1.54, 1.807) is 0 Å². The maximum absolute atomic E-state index is 10.4. The zero-order valence-electron chi connectivity index (χ0n) is 11.0. The highest BCUT2D eigenvalue weighted by Crippen LogP contribution is 2.38. The molecule has 17 heavy (non-hydrogen) atoms. The second-order valence-electron chi connectivity index (χ2n) is 5.57. The van der Waals surface area contributed by atoms with Crippen LogP contribution in [-0.2, 0) is 6.42 Å². The Kier molecular flexibility index (Phi) is 4.22. The fraction of sp³-hybridized carbons (Fsp3) is 0.625. The van der Waals surface area contributed by atoms with Gasteiger partial charge in [0.25, 0.3) is 0 Å². The third kappa shape index (κ3) is 2.90. The SMILES string of the molecule is CCCC(C)CC1CCc2ccccc2C1O. The van der Waals surface area contributed by atoms with Crippen molar-refractivity contribution in [3.05, 3.63) is 35.4 Å². The van der Waals surface area contributed by atoms with Gasteiger partial charge in [0.15, 0.2) is 0 Å². The molecule has 2 rings (SSSR count). The molecule has 0 amide bonds. The van der Waals surface area contributed by atoms with Crippen LogP contribution < -0.4 is 0 Å². The molecule has 3 atom stereocenters. The van der Waals surface area contributed by atoms with Gasteiger partial charge in [-0.1, -0.05) is 51.0 Å². The van der Waals surface area contributed by atoms with Crippen molar-refractivity contribution in [3.8, 4) is 0 Å². The molecule has 1 aliphatic carbocycles. The standard InChI is InChI=1S/C16H24O/c1-3-6-12(2)11-14-10-9-13-7-4-5-8-15(13)16(14)17/h4-5,7-8,12,14,16-17H,3,6,9-11H2,1-2H3. The minimum absolute atomic E-state index is 0.237. The first kappa shape index (κ1) is 12.6. The van der Waals surface area contributed by atoms with Gasteiger partial charge in [0.1, 0.15) is 0 Å². The van der Waals surface area contributed by atoms with Crippen molar-refractivity contribution >= 4 is 0 Å². The van der Waals surface area contributed by atoms with E-state index in [4.69, 9.17) is 0 Å². The molecule has 0 aliphatic heterocycles. The van der Waals surface area contributed by atoms with Crippen molar-refractivity contribution in [2.45, 2.75) is 52.1 Å². The lowest BCUT2D eigenvalue weighted by Gasteiger charge is -2.31. The van der Waals surface area contributed by atoms with E-state index in [1.807, 2.05) is 6.07 Å². The number of hydrogen-bond acceptors (Lipinski definition) is 1. The van der Waals surface area contributed by atoms with Gasteiger partial charge >= 0.3 is 0 Å². The quantitative estimate of drug-likeness (QED) is 0.828. The summed E-state index contributed by atoms with van der Waals surface area (Å²) in [6.07, 6.45) is 5.75. The summed E-state index contributed by atoms with van der Waals surface area (Å²) < 4.78 is 0. The van der Waals surface area contributed by atoms with Gasteiger partial charge in [0.2, 0.25) is 0 Å². The summed E-state index contributed by atoms with van der Waals surface area (Å²) in [5, 5.41) is 10.4. The highest BCUT2D eigenvalue weighted by atomic mass is 16.3. The van der Waals surface area contributed by atoms with Crippen LogP contribution in [0.5, 0.6) is 0 Å². The lowest BCUT2D eigenvalue weighted by molar-refractivity contribution is 0.0785. The van der Waals surface area contributed by atoms with Gasteiger partial charge in [-0.05, 0) is 42.2 Å². The van der Waals surface area contributed by atoms with E-state index in [-0.39, 0.29) is 6.10 Å². The van der Waals surface area contributed by atoms with Crippen LogP contribution in [0, 0.1) is 11.8 Å². The molecule has 1 aromatic carbocycles. The second-order valence-corrected chi connectivity index (χ2v) is 5.57. The molecule has 1 nitrogen and oxygen atoms in total. The smallest absolute Gasteiger partial charge is 0.0821 e. The van der Waals surface area contributed by atoms with Crippen molar-refractivity contribution in [1.82, 2.24) is 0 Å². The summed E-state index contributed by atoms with van der Waals surface area (Å²) in [7, 11) is 0. The molecule has 0 radical (unpaired) electrons. The molecule has 0 bridgehead atoms. The van der Waals surface area contributed by atoms with Gasteiger partial charge in [-0.25, -0.2) is 0 Å². The van der Waals surface area contributed by atoms with E-state index < -0.39 is 0 Å². The van der Waals surface area contributed by atoms with Crippen LogP contribution in [0.15, 0.2) is 24.3 Å². The number of rotatable bonds is 4. The molecule has 0 saturated carbocycles. The van der Waals surface area contributed by atoms with Crippen LogP contribution in [0.4, 0.5) is 0 Å². The molecule has 0 fully saturated rings. The number of benzene rings is 1. The Bertz CT molecular complexity index is 358. The topological polar surface area (TPSA) is 20.2 Å². The normalized spacial score (nSPS) is 25.4. The zero-order chi connectivity index (χ0) is 12.3. The summed E-state index contributed by atoms with van der Waals surface area (Å²) in [5.74, 6) is 1.20. The molecular formula is C16H24O. The van der Waals surface area contributed by atoms with E-state index in [0.29, 0.717) is 5.92 Å². The van der Waals surface area contributed by atoms with E-state index in [1.165, 1.54) is 30.4 Å². The molecule has 0 aromatic heterocycles. The predicted molar refractivity (Wildman–Crippen MR) is 71.9 cm³/mol. The zero-order valence-corrected chi connectivity index (χ0v) is 11.0. The van der Waals surface area contributed by atoms with Gasteiger partial charge in [0.05, 0.1) is 6.10 Å². The fourth-order valence-electron chi connectivity index (χ4n) is 3.18. The molecule has 0 saturated heterocycles. The Morgan fingerprint density at radius 2 is 2.12 bits per heavy atom. The minimum Gasteiger partial charge on any atom is -0.388 e. The van der Waals surface area contributed by atoms with Crippen LogP contribution in [0.25, 0.3) is 0 Å². The van der Waals surface area contributed by atoms with Crippen molar-refractivity contribution in [3.63, 3.8) is 0 Å². The molecule has 1 heteroatoms. The molecule has 1 aromatic rings. The van der Waals surface area contributed by atoms with Crippen LogP contribution in [0.2, 0.25) is 0 Å². The third-order valence-corrected chi connectivity index (χ3v) is 4.09. The van der Waals surface area contributed by atoms with E-state index >= 15 is 0 Å².